The molecule has 5 nitrogen and oxygen atoms in total. The molecule has 0 aliphatic heterocycles. The van der Waals surface area contributed by atoms with Crippen molar-refractivity contribution in [2.45, 2.75) is 39.2 Å². The fourth-order valence-corrected chi connectivity index (χ4v) is 1.55. The molecule has 1 rings (SSSR count). The van der Waals surface area contributed by atoms with Crippen LogP contribution in [-0.4, -0.2) is 18.0 Å². The van der Waals surface area contributed by atoms with Gasteiger partial charge in [0.25, 0.3) is 5.91 Å². The van der Waals surface area contributed by atoms with Gasteiger partial charge in [0.2, 0.25) is 0 Å². The third kappa shape index (κ3) is 4.73. The number of nitrogens with zero attached hydrogens (tertiary/aromatic N) is 1. The highest BCUT2D eigenvalue weighted by atomic mass is 16.5. The topological polar surface area (TPSA) is 79.2 Å². The van der Waals surface area contributed by atoms with Crippen LogP contribution in [0.5, 0.6) is 0 Å². The molecule has 5 heteroatoms. The first-order chi connectivity index (χ1) is 9.58. The molecule has 1 aromatic rings. The maximum absolute atomic E-state index is 11.9. The summed E-state index contributed by atoms with van der Waals surface area (Å²) in [5, 5.41) is 11.5. The molecule has 0 fully saturated rings. The normalized spacial score (nSPS) is 11.2. The summed E-state index contributed by atoms with van der Waals surface area (Å²) in [6, 6.07) is 8.65. The van der Waals surface area contributed by atoms with E-state index in [1.165, 1.54) is 6.92 Å². The second kappa shape index (κ2) is 7.95. The molecule has 1 N–H and O–H groups in total. The molecule has 0 aliphatic rings. The molecular weight excluding hydrogens is 256 g/mol. The van der Waals surface area contributed by atoms with E-state index < -0.39 is 12.0 Å². The van der Waals surface area contributed by atoms with Crippen molar-refractivity contribution in [1.82, 2.24) is 0 Å². The lowest BCUT2D eigenvalue weighted by Crippen LogP contribution is -2.30. The van der Waals surface area contributed by atoms with Crippen LogP contribution < -0.4 is 5.32 Å². The second-order valence-corrected chi connectivity index (χ2v) is 4.38. The number of unbranched alkanes of at least 4 members (excludes halogenated alkanes) is 1. The third-order valence-corrected chi connectivity index (χ3v) is 2.72. The molecule has 1 atom stereocenters. The van der Waals surface area contributed by atoms with Crippen LogP contribution >= 0.6 is 0 Å². The van der Waals surface area contributed by atoms with Gasteiger partial charge >= 0.3 is 5.97 Å². The first-order valence-electron chi connectivity index (χ1n) is 6.58. The van der Waals surface area contributed by atoms with Crippen molar-refractivity contribution in [2.75, 3.05) is 5.32 Å². The van der Waals surface area contributed by atoms with E-state index in [4.69, 9.17) is 10.00 Å². The minimum absolute atomic E-state index is 0.308. The van der Waals surface area contributed by atoms with Gasteiger partial charge in [-0.15, -0.1) is 0 Å². The Kier molecular flexibility index (Phi) is 6.24. The Morgan fingerprint density at radius 3 is 2.75 bits per heavy atom. The summed E-state index contributed by atoms with van der Waals surface area (Å²) in [5.74, 6) is -0.833. The molecule has 0 aliphatic carbocycles. The number of nitriles is 1. The van der Waals surface area contributed by atoms with Crippen LogP contribution in [0.2, 0.25) is 0 Å². The molecule has 0 unspecified atom stereocenters. The van der Waals surface area contributed by atoms with E-state index in [1.54, 1.807) is 24.3 Å². The van der Waals surface area contributed by atoms with Gasteiger partial charge in [-0.2, -0.15) is 5.26 Å². The Morgan fingerprint density at radius 2 is 2.10 bits per heavy atom. The Morgan fingerprint density at radius 1 is 1.40 bits per heavy atom. The zero-order valence-corrected chi connectivity index (χ0v) is 11.7. The number of nitrogens with one attached hydrogen (secondary N) is 1. The molecule has 0 saturated heterocycles. The van der Waals surface area contributed by atoms with E-state index in [1.807, 2.05) is 13.0 Å². The lowest BCUT2D eigenvalue weighted by atomic mass is 10.2. The van der Waals surface area contributed by atoms with Crippen molar-refractivity contribution in [3.8, 4) is 6.07 Å². The summed E-state index contributed by atoms with van der Waals surface area (Å²) in [5.41, 5.74) is 0.779. The molecule has 0 aromatic heterocycles. The molecule has 106 valence electrons. The van der Waals surface area contributed by atoms with Crippen molar-refractivity contribution < 1.29 is 14.3 Å². The minimum Gasteiger partial charge on any atom is -0.453 e. The van der Waals surface area contributed by atoms with Gasteiger partial charge in [-0.3, -0.25) is 9.59 Å². The first kappa shape index (κ1) is 15.7. The lowest BCUT2D eigenvalue weighted by molar-refractivity contribution is -0.153. The Balaban J connectivity index is 2.58. The summed E-state index contributed by atoms with van der Waals surface area (Å²) in [6.07, 6.45) is 1.06. The number of carbonyl (C=O) groups excluding carboxylic acids is 2. The summed E-state index contributed by atoms with van der Waals surface area (Å²) >= 11 is 0. The molecule has 0 heterocycles. The molecule has 0 radical (unpaired) electrons. The maximum atomic E-state index is 11.9. The van der Waals surface area contributed by atoms with Crippen molar-refractivity contribution in [2.24, 2.45) is 0 Å². The van der Waals surface area contributed by atoms with Gasteiger partial charge < -0.3 is 10.1 Å². The zero-order chi connectivity index (χ0) is 15.0. The second-order valence-electron chi connectivity index (χ2n) is 4.38. The number of hydrogen-bond donors (Lipinski definition) is 1. The average molecular weight is 274 g/mol. The van der Waals surface area contributed by atoms with Crippen LogP contribution in [0.3, 0.4) is 0 Å². The van der Waals surface area contributed by atoms with Gasteiger partial charge in [0.1, 0.15) is 6.07 Å². The Hall–Kier alpha value is -2.35. The standard InChI is InChI=1S/C15H18N2O3/c1-3-4-9-14(18)20-11(2)15(19)17-13-8-6-5-7-12(13)10-16/h5-8,11H,3-4,9H2,1-2H3,(H,17,19)/t11-/m1/s1. The molecule has 1 aromatic carbocycles. The molecule has 20 heavy (non-hydrogen) atoms. The van der Waals surface area contributed by atoms with Crippen LogP contribution in [0.15, 0.2) is 24.3 Å². The summed E-state index contributed by atoms with van der Waals surface area (Å²) in [6.45, 7) is 3.48. The van der Waals surface area contributed by atoms with Gasteiger partial charge in [0.15, 0.2) is 6.10 Å². The number of rotatable bonds is 6. The molecule has 1 amide bonds. The van der Waals surface area contributed by atoms with Crippen LogP contribution in [0.25, 0.3) is 0 Å². The quantitative estimate of drug-likeness (QED) is 0.809. The monoisotopic (exact) mass is 274 g/mol. The highest BCUT2D eigenvalue weighted by Crippen LogP contribution is 2.14. The summed E-state index contributed by atoms with van der Waals surface area (Å²) in [7, 11) is 0. The maximum Gasteiger partial charge on any atom is 0.306 e. The molecular formula is C15H18N2O3. The largest absolute Gasteiger partial charge is 0.453 e. The van der Waals surface area contributed by atoms with E-state index in [0.717, 1.165) is 12.8 Å². The third-order valence-electron chi connectivity index (χ3n) is 2.72. The van der Waals surface area contributed by atoms with Crippen molar-refractivity contribution >= 4 is 17.6 Å². The highest BCUT2D eigenvalue weighted by Gasteiger charge is 2.18. The number of benzene rings is 1. The van der Waals surface area contributed by atoms with E-state index in [2.05, 4.69) is 5.32 Å². The first-order valence-corrected chi connectivity index (χ1v) is 6.58. The van der Waals surface area contributed by atoms with Crippen molar-refractivity contribution in [3.05, 3.63) is 29.8 Å². The van der Waals surface area contributed by atoms with Crippen LogP contribution in [0.1, 0.15) is 38.7 Å². The molecule has 0 bridgehead atoms. The van der Waals surface area contributed by atoms with E-state index in [9.17, 15) is 9.59 Å². The zero-order valence-electron chi connectivity index (χ0n) is 11.7. The Bertz CT molecular complexity index is 520. The molecule has 0 saturated carbocycles. The van der Waals surface area contributed by atoms with Gasteiger partial charge in [-0.05, 0) is 25.5 Å². The SMILES string of the molecule is CCCCC(=O)O[C@H](C)C(=O)Nc1ccccc1C#N. The van der Waals surface area contributed by atoms with E-state index in [0.29, 0.717) is 17.7 Å². The number of amides is 1. The smallest absolute Gasteiger partial charge is 0.306 e. The lowest BCUT2D eigenvalue weighted by Gasteiger charge is -2.14. The van der Waals surface area contributed by atoms with Gasteiger partial charge in [-0.25, -0.2) is 0 Å². The minimum atomic E-state index is -0.883. The van der Waals surface area contributed by atoms with Crippen LogP contribution in [-0.2, 0) is 14.3 Å². The fourth-order valence-electron chi connectivity index (χ4n) is 1.55. The number of anilines is 1. The predicted molar refractivity (Wildman–Crippen MR) is 74.9 cm³/mol. The van der Waals surface area contributed by atoms with Crippen molar-refractivity contribution in [3.63, 3.8) is 0 Å². The number of esters is 1. The predicted octanol–water partition coefficient (Wildman–Crippen LogP) is 2.62. The van der Waals surface area contributed by atoms with Crippen LogP contribution in [0, 0.1) is 11.3 Å². The van der Waals surface area contributed by atoms with Gasteiger partial charge in [0.05, 0.1) is 11.3 Å². The van der Waals surface area contributed by atoms with E-state index in [-0.39, 0.29) is 5.97 Å². The molecule has 0 spiro atoms. The van der Waals surface area contributed by atoms with E-state index >= 15 is 0 Å². The number of para-hydroxylation sites is 1. The van der Waals surface area contributed by atoms with Crippen LogP contribution in [0.4, 0.5) is 5.69 Å². The average Bonchev–Trinajstić information content (AvgIpc) is 2.45. The fraction of sp³-hybridized carbons (Fsp3) is 0.400. The number of carbonyl (C=O) groups is 2. The Labute approximate surface area is 118 Å². The van der Waals surface area contributed by atoms with Gasteiger partial charge in [0, 0.05) is 6.42 Å². The van der Waals surface area contributed by atoms with Crippen molar-refractivity contribution in [1.29, 1.82) is 5.26 Å². The van der Waals surface area contributed by atoms with Gasteiger partial charge in [-0.1, -0.05) is 25.5 Å². The number of hydrogen-bond acceptors (Lipinski definition) is 4. The number of ether oxygens (including phenoxy) is 1. The summed E-state index contributed by atoms with van der Waals surface area (Å²) in [4.78, 5) is 23.3. The summed E-state index contributed by atoms with van der Waals surface area (Å²) < 4.78 is 5.03. The highest BCUT2D eigenvalue weighted by molar-refractivity contribution is 5.96.